The molecule has 112 heavy (non-hydrogen) atoms. The highest BCUT2D eigenvalue weighted by Crippen LogP contribution is 2.49. The molecule has 0 atom stereocenters. The van der Waals surface area contributed by atoms with Crippen LogP contribution in [0.5, 0.6) is 0 Å². The van der Waals surface area contributed by atoms with Gasteiger partial charge in [0.1, 0.15) is 0 Å². The minimum Gasteiger partial charge on any atom is -0.478 e. The Balaban J connectivity index is 0.000000135. The predicted molar refractivity (Wildman–Crippen MR) is 440 cm³/mol. The van der Waals surface area contributed by atoms with Crippen molar-refractivity contribution in [2.24, 2.45) is 0 Å². The third kappa shape index (κ3) is 18.6. The number of carboxylic acids is 1. The Hall–Kier alpha value is -11.1. The number of esters is 1. The van der Waals surface area contributed by atoms with Crippen LogP contribution in [0.4, 0.5) is 0 Å². The Morgan fingerprint density at radius 3 is 1.12 bits per heavy atom. The van der Waals surface area contributed by atoms with Gasteiger partial charge in [0.15, 0.2) is 23.3 Å². The maximum Gasteiger partial charge on any atom is 0.498 e. The van der Waals surface area contributed by atoms with Gasteiger partial charge in [-0.25, -0.2) is 84.3 Å². The summed E-state index contributed by atoms with van der Waals surface area (Å²) in [5.74, 6) is 1.26. The third-order valence-corrected chi connectivity index (χ3v) is 20.1. The van der Waals surface area contributed by atoms with E-state index in [1.807, 2.05) is 137 Å². The first-order valence-corrected chi connectivity index (χ1v) is 37.4. The zero-order valence-electron chi connectivity index (χ0n) is 61.6. The molecule has 7 aromatic carbocycles. The van der Waals surface area contributed by atoms with E-state index < -0.39 is 19.1 Å². The number of methoxy groups -OCH3 is 1. The van der Waals surface area contributed by atoms with Crippen LogP contribution in [-0.4, -0.2) is 117 Å². The van der Waals surface area contributed by atoms with Crippen LogP contribution in [0.15, 0.2) is 248 Å². The molecule has 0 unspecified atom stereocenters. The van der Waals surface area contributed by atoms with Crippen molar-refractivity contribution >= 4 is 98.5 Å². The first-order valence-electron chi connectivity index (χ1n) is 34.7. The van der Waals surface area contributed by atoms with Crippen molar-refractivity contribution in [2.45, 2.75) is 77.4 Å². The fraction of sp³-hybridized carbons (Fsp3) is 0.155. The van der Waals surface area contributed by atoms with E-state index in [9.17, 15) is 9.59 Å². The van der Waals surface area contributed by atoms with Gasteiger partial charge in [0, 0.05) is 123 Å². The molecule has 7 aromatic heterocycles. The molecule has 560 valence electrons. The zero-order chi connectivity index (χ0) is 79.5. The van der Waals surface area contributed by atoms with E-state index in [1.165, 1.54) is 47.8 Å². The van der Waals surface area contributed by atoms with Gasteiger partial charge in [-0.2, -0.15) is 0 Å². The number of aromatic carboxylic acids is 1. The lowest BCUT2D eigenvalue weighted by atomic mass is 9.81. The van der Waals surface area contributed by atoms with Crippen LogP contribution in [0.25, 0.3) is 90.1 Å². The van der Waals surface area contributed by atoms with Gasteiger partial charge in [-0.3, -0.25) is 0 Å². The summed E-state index contributed by atoms with van der Waals surface area (Å²) in [6.45, 7) is 16.8. The standard InChI is InChI=1S/C34H25N5.C13H11ClN2.C12H9ClN2O2.C11H7ClN2O2.C10H14BClN2O2.C4H2BrClN2/c1-34(2)28-16-10-9-15-26(28)27-21-35-30(36-29(27)34)24-17-19-25(20-18-24)33-38-31(22-11-5-3-6-12-22)37-32(39-33)23-13-7-4-8-14-23;1-13(2)10-6-4-3-5-8(10)9-7-15-12(14)16-11(9)13;1-17-11(16)10-5-3-2-4-9(10)8-6-14-12(13)15-7-8;12-11-13-5-7(6-14-11)8-3-1-2-4-9(8)10(15)16;1-9(2)10(3,4)16-11(15-9)7-5-13-8(12)14-6-7;5-3-1-7-4(6)8-2-3/h3-21H,1-2H3;3-7H,1-2H3;2-7H,1H3;1-6H,(H,15,16);5-6H,1-4H3;1-2H. The van der Waals surface area contributed by atoms with E-state index in [0.717, 1.165) is 65.8 Å². The maximum absolute atomic E-state index is 11.6. The zero-order valence-corrected chi connectivity index (χ0v) is 67.0. The summed E-state index contributed by atoms with van der Waals surface area (Å²) in [7, 11) is 0.916. The SMILES string of the molecule is CC1(C)OB(c2cnc(Cl)nc2)OC1(C)C.CC1(C)c2ccccc2-c2cnc(-c3ccc(-c4nc(-c5ccccc5)nc(-c5ccccc5)n4)cc3)nc21.CC1(C)c2ccccc2-c2cnc(Cl)nc21.COC(=O)c1ccccc1-c1cnc(Cl)nc1.Clc1ncc(Br)cn1.O=C(O)c1ccccc1-c1cnc(Cl)nc1. The number of halogens is 6. The van der Waals surface area contributed by atoms with Crippen LogP contribution < -0.4 is 5.46 Å². The van der Waals surface area contributed by atoms with Gasteiger partial charge in [-0.15, -0.1) is 0 Å². The maximum atomic E-state index is 11.6. The number of nitrogens with zero attached hydrogens (tertiary/aromatic N) is 15. The molecular formula is C84H68BBrCl5N15O6. The summed E-state index contributed by atoms with van der Waals surface area (Å²) in [5.41, 5.74) is 16.2. The molecule has 21 nitrogen and oxygen atoms in total. The van der Waals surface area contributed by atoms with E-state index >= 15 is 0 Å². The number of hydrogen-bond acceptors (Lipinski definition) is 20. The van der Waals surface area contributed by atoms with Crippen LogP contribution in [0, 0.1) is 0 Å². The van der Waals surface area contributed by atoms with Gasteiger partial charge in [0.2, 0.25) is 26.4 Å². The summed E-state index contributed by atoms with van der Waals surface area (Å²) >= 11 is 31.2. The quantitative estimate of drug-likeness (QED) is 0.0798. The average molecular weight is 1650 g/mol. The number of ether oxygens (including phenoxy) is 1. The van der Waals surface area contributed by atoms with Crippen molar-refractivity contribution in [1.82, 2.24) is 74.8 Å². The van der Waals surface area contributed by atoms with E-state index in [1.54, 1.807) is 73.6 Å². The van der Waals surface area contributed by atoms with E-state index in [2.05, 4.69) is 136 Å². The second kappa shape index (κ2) is 35.1. The summed E-state index contributed by atoms with van der Waals surface area (Å²) in [5, 5.41) is 10.1. The predicted octanol–water partition coefficient (Wildman–Crippen LogP) is 19.5. The molecular weight excluding hydrogens is 1580 g/mol. The summed E-state index contributed by atoms with van der Waals surface area (Å²) < 4.78 is 17.2. The lowest BCUT2D eigenvalue weighted by molar-refractivity contribution is 0.00578. The lowest BCUT2D eigenvalue weighted by Crippen LogP contribution is -2.41. The van der Waals surface area contributed by atoms with Gasteiger partial charge < -0.3 is 19.2 Å². The summed E-state index contributed by atoms with van der Waals surface area (Å²) in [4.78, 5) is 85.9. The van der Waals surface area contributed by atoms with Gasteiger partial charge in [-0.1, -0.05) is 198 Å². The third-order valence-electron chi connectivity index (χ3n) is 18.7. The number of carboxylic acid groups (broad SMARTS) is 1. The van der Waals surface area contributed by atoms with Crippen LogP contribution >= 0.6 is 73.9 Å². The van der Waals surface area contributed by atoms with Gasteiger partial charge in [0.25, 0.3) is 0 Å². The first kappa shape index (κ1) is 80.4. The molecule has 0 saturated carbocycles. The summed E-state index contributed by atoms with van der Waals surface area (Å²) in [6, 6.07) is 58.8. The largest absolute Gasteiger partial charge is 0.498 e. The molecule has 1 fully saturated rings. The molecule has 17 rings (SSSR count). The highest BCUT2D eigenvalue weighted by Gasteiger charge is 2.52. The smallest absolute Gasteiger partial charge is 0.478 e. The number of carbonyl (C=O) groups is 2. The minimum absolute atomic E-state index is 0.0848. The molecule has 0 radical (unpaired) electrons. The van der Waals surface area contributed by atoms with Crippen LogP contribution in [-0.2, 0) is 24.9 Å². The average Bonchev–Trinajstić information content (AvgIpc) is 1.55. The van der Waals surface area contributed by atoms with Crippen molar-refractivity contribution in [3.63, 3.8) is 0 Å². The van der Waals surface area contributed by atoms with Gasteiger partial charge >= 0.3 is 19.1 Å². The van der Waals surface area contributed by atoms with Crippen molar-refractivity contribution in [2.75, 3.05) is 7.11 Å². The van der Waals surface area contributed by atoms with E-state index in [0.29, 0.717) is 45.3 Å². The molecule has 2 aliphatic carbocycles. The fourth-order valence-electron chi connectivity index (χ4n) is 12.3. The Labute approximate surface area is 680 Å². The van der Waals surface area contributed by atoms with Crippen molar-refractivity contribution in [3.8, 4) is 90.1 Å². The number of rotatable bonds is 9. The number of benzene rings is 7. The molecule has 8 heterocycles. The monoisotopic (exact) mass is 1650 g/mol. The minimum atomic E-state index is -0.981. The topological polar surface area (TPSA) is 275 Å². The molecule has 3 aliphatic rings. The fourth-order valence-corrected chi connectivity index (χ4v) is 13.0. The molecule has 0 spiro atoms. The molecule has 0 amide bonds. The van der Waals surface area contributed by atoms with Crippen LogP contribution in [0.1, 0.15) is 98.6 Å². The highest BCUT2D eigenvalue weighted by molar-refractivity contribution is 9.10. The Kier molecular flexibility index (Phi) is 25.2. The number of aromatic nitrogens is 15. The van der Waals surface area contributed by atoms with Gasteiger partial charge in [0.05, 0.1) is 45.3 Å². The van der Waals surface area contributed by atoms with Crippen molar-refractivity contribution in [1.29, 1.82) is 0 Å². The highest BCUT2D eigenvalue weighted by atomic mass is 79.9. The van der Waals surface area contributed by atoms with Crippen LogP contribution in [0.3, 0.4) is 0 Å². The Morgan fingerprint density at radius 1 is 0.357 bits per heavy atom. The molecule has 1 N–H and O–H groups in total. The lowest BCUT2D eigenvalue weighted by Gasteiger charge is -2.32. The van der Waals surface area contributed by atoms with Crippen LogP contribution in [0.2, 0.25) is 26.4 Å². The van der Waals surface area contributed by atoms with E-state index in [4.69, 9.17) is 102 Å². The summed E-state index contributed by atoms with van der Waals surface area (Å²) in [6.07, 6.45) is 16.3. The molecule has 0 bridgehead atoms. The van der Waals surface area contributed by atoms with E-state index in [-0.39, 0.29) is 48.7 Å². The van der Waals surface area contributed by atoms with Gasteiger partial charge in [-0.05, 0) is 147 Å². The Morgan fingerprint density at radius 2 is 0.696 bits per heavy atom. The molecule has 1 saturated heterocycles. The number of carbonyl (C=O) groups excluding carboxylic acids is 1. The van der Waals surface area contributed by atoms with Crippen molar-refractivity contribution < 1.29 is 28.7 Å². The second-order valence-electron chi connectivity index (χ2n) is 27.2. The van der Waals surface area contributed by atoms with Crippen molar-refractivity contribution in [3.05, 3.63) is 308 Å². The number of hydrogen-bond donors (Lipinski definition) is 1. The first-order chi connectivity index (χ1) is 53.7. The normalized spacial score (nSPS) is 13.6. The number of fused-ring (bicyclic) bond motifs is 6. The molecule has 14 aromatic rings. The second-order valence-corrected chi connectivity index (χ2v) is 29.8. The molecule has 28 heteroatoms. The Bertz CT molecular complexity index is 5580. The molecule has 1 aliphatic heterocycles.